The number of carboxylic acid groups (broad SMARTS) is 2. The number of likely N-dealkylation sites (N-methyl/N-ethyl adjacent to an activating group) is 1. The van der Waals surface area contributed by atoms with Crippen LogP contribution in [0.25, 0.3) is 0 Å². The lowest BCUT2D eigenvalue weighted by atomic mass is 9.77. The molecule has 2 saturated carbocycles. The summed E-state index contributed by atoms with van der Waals surface area (Å²) in [6, 6.07) is 0.224. The zero-order valence-electron chi connectivity index (χ0n) is 17.5. The summed E-state index contributed by atoms with van der Waals surface area (Å²) in [7, 11) is 4.08. The lowest BCUT2D eigenvalue weighted by molar-refractivity contribution is -0.136. The van der Waals surface area contributed by atoms with E-state index in [9.17, 15) is 9.90 Å². The van der Waals surface area contributed by atoms with Gasteiger partial charge in [-0.1, -0.05) is 0 Å². The topological polar surface area (TPSA) is 136 Å². The predicted octanol–water partition coefficient (Wildman–Crippen LogP) is 0.224. The van der Waals surface area contributed by atoms with Crippen molar-refractivity contribution < 1.29 is 29.7 Å². The van der Waals surface area contributed by atoms with Crippen LogP contribution in [0.3, 0.4) is 0 Å². The number of aliphatic hydroxyl groups is 1. The second-order valence-electron chi connectivity index (χ2n) is 8.53. The van der Waals surface area contributed by atoms with Gasteiger partial charge in [0.25, 0.3) is 12.9 Å². The van der Waals surface area contributed by atoms with Crippen molar-refractivity contribution in [2.45, 2.75) is 44.4 Å². The Kier molecular flexibility index (Phi) is 8.36. The first-order valence-electron chi connectivity index (χ1n) is 10.1. The average molecular weight is 424 g/mol. The number of aliphatic hydroxyl groups excluding tert-OH is 1. The molecule has 30 heavy (non-hydrogen) atoms. The molecule has 1 aliphatic heterocycles. The molecule has 0 bridgehead atoms. The van der Waals surface area contributed by atoms with Gasteiger partial charge in [0.15, 0.2) is 0 Å². The molecule has 3 fully saturated rings. The zero-order valence-corrected chi connectivity index (χ0v) is 17.5. The first-order valence-corrected chi connectivity index (χ1v) is 10.1. The third kappa shape index (κ3) is 5.57. The molecule has 1 aromatic heterocycles. The van der Waals surface area contributed by atoms with Gasteiger partial charge in [0.1, 0.15) is 0 Å². The minimum atomic E-state index is -0.267. The number of fused-ring (bicyclic) bond motifs is 1. The van der Waals surface area contributed by atoms with Gasteiger partial charge in [-0.25, -0.2) is 4.98 Å². The maximum atomic E-state index is 13.1. The van der Waals surface area contributed by atoms with Crippen LogP contribution in [0.4, 0.5) is 0 Å². The van der Waals surface area contributed by atoms with Crippen LogP contribution in [0, 0.1) is 17.3 Å². The van der Waals surface area contributed by atoms with Crippen molar-refractivity contribution in [2.24, 2.45) is 17.3 Å². The second-order valence-corrected chi connectivity index (χ2v) is 8.53. The first-order chi connectivity index (χ1) is 14.3. The fraction of sp³-hybridized carbons (Fsp3) is 0.700. The van der Waals surface area contributed by atoms with Crippen LogP contribution in [-0.4, -0.2) is 92.9 Å². The maximum absolute atomic E-state index is 13.1. The van der Waals surface area contributed by atoms with Gasteiger partial charge in [-0.2, -0.15) is 0 Å². The summed E-state index contributed by atoms with van der Waals surface area (Å²) in [5.74, 6) is 1.32. The quantitative estimate of drug-likeness (QED) is 0.584. The van der Waals surface area contributed by atoms with Crippen molar-refractivity contribution in [2.75, 3.05) is 27.2 Å². The van der Waals surface area contributed by atoms with Gasteiger partial charge in [0, 0.05) is 38.1 Å². The van der Waals surface area contributed by atoms with Crippen molar-refractivity contribution >= 4 is 18.9 Å². The summed E-state index contributed by atoms with van der Waals surface area (Å²) in [5, 5.41) is 24.2. The lowest BCUT2D eigenvalue weighted by Crippen LogP contribution is -2.46. The highest BCUT2D eigenvalue weighted by atomic mass is 16.3. The molecule has 10 nitrogen and oxygen atoms in total. The van der Waals surface area contributed by atoms with E-state index in [2.05, 4.69) is 14.8 Å². The molecule has 2 heterocycles. The van der Waals surface area contributed by atoms with Gasteiger partial charge >= 0.3 is 0 Å². The van der Waals surface area contributed by atoms with E-state index in [1.54, 1.807) is 12.5 Å². The SMILES string of the molecule is CN(C)[C@@H]1C[C@@H]2CN(C(=O)C3(Cn4ccnc4)CC3)C[C@@H]2C[C@H]1O.O=CO.O=CO. The van der Waals surface area contributed by atoms with Crippen molar-refractivity contribution in [1.29, 1.82) is 0 Å². The summed E-state index contributed by atoms with van der Waals surface area (Å²) >= 11 is 0. The molecule has 3 aliphatic rings. The van der Waals surface area contributed by atoms with Crippen molar-refractivity contribution in [1.82, 2.24) is 19.4 Å². The largest absolute Gasteiger partial charge is 0.483 e. The molecule has 1 amide bonds. The Hall–Kier alpha value is -2.46. The van der Waals surface area contributed by atoms with Gasteiger partial charge < -0.3 is 29.7 Å². The highest BCUT2D eigenvalue weighted by Crippen LogP contribution is 2.50. The predicted molar refractivity (Wildman–Crippen MR) is 108 cm³/mol. The molecular weight excluding hydrogens is 392 g/mol. The van der Waals surface area contributed by atoms with E-state index in [4.69, 9.17) is 19.8 Å². The van der Waals surface area contributed by atoms with Crippen LogP contribution in [-0.2, 0) is 20.9 Å². The van der Waals surface area contributed by atoms with E-state index in [0.29, 0.717) is 17.7 Å². The lowest BCUT2D eigenvalue weighted by Gasteiger charge is -2.38. The third-order valence-electron chi connectivity index (χ3n) is 6.41. The van der Waals surface area contributed by atoms with Crippen LogP contribution in [0.1, 0.15) is 25.7 Å². The number of aromatic nitrogens is 2. The summed E-state index contributed by atoms with van der Waals surface area (Å²) < 4.78 is 2.03. The molecule has 0 aromatic carbocycles. The Morgan fingerprint density at radius 2 is 1.73 bits per heavy atom. The number of carbonyl (C=O) groups excluding carboxylic acids is 1. The van der Waals surface area contributed by atoms with Gasteiger partial charge in [-0.15, -0.1) is 0 Å². The number of nitrogens with zero attached hydrogens (tertiary/aromatic N) is 4. The number of hydrogen-bond acceptors (Lipinski definition) is 6. The van der Waals surface area contributed by atoms with Crippen LogP contribution in [0.15, 0.2) is 18.7 Å². The highest BCUT2D eigenvalue weighted by molar-refractivity contribution is 5.85. The Labute approximate surface area is 176 Å². The van der Waals surface area contributed by atoms with Gasteiger partial charge in [0.05, 0.1) is 17.8 Å². The molecule has 0 unspecified atom stereocenters. The normalized spacial score (nSPS) is 28.3. The Balaban J connectivity index is 0.000000480. The molecular formula is C20H32N4O6. The van der Waals surface area contributed by atoms with Crippen molar-refractivity contribution in [3.63, 3.8) is 0 Å². The number of likely N-dealkylation sites (tertiary alicyclic amines) is 1. The van der Waals surface area contributed by atoms with Crippen LogP contribution in [0.5, 0.6) is 0 Å². The first kappa shape index (κ1) is 23.8. The van der Waals surface area contributed by atoms with E-state index in [0.717, 1.165) is 45.3 Å². The Morgan fingerprint density at radius 1 is 1.17 bits per heavy atom. The van der Waals surface area contributed by atoms with Crippen LogP contribution in [0.2, 0.25) is 0 Å². The van der Waals surface area contributed by atoms with Gasteiger partial charge in [-0.3, -0.25) is 14.4 Å². The molecule has 4 atom stereocenters. The zero-order chi connectivity index (χ0) is 22.3. The number of amides is 1. The summed E-state index contributed by atoms with van der Waals surface area (Å²) in [4.78, 5) is 38.1. The smallest absolute Gasteiger partial charge is 0.290 e. The average Bonchev–Trinajstić information content (AvgIpc) is 3.10. The van der Waals surface area contributed by atoms with E-state index < -0.39 is 0 Å². The number of rotatable bonds is 4. The van der Waals surface area contributed by atoms with E-state index in [1.807, 2.05) is 24.9 Å². The van der Waals surface area contributed by atoms with E-state index >= 15 is 0 Å². The van der Waals surface area contributed by atoms with Crippen LogP contribution >= 0.6 is 0 Å². The fourth-order valence-electron chi connectivity index (χ4n) is 4.78. The number of hydrogen-bond donors (Lipinski definition) is 3. The highest BCUT2D eigenvalue weighted by Gasteiger charge is 2.54. The molecule has 1 saturated heterocycles. The van der Waals surface area contributed by atoms with E-state index in [1.165, 1.54) is 0 Å². The molecule has 1 aromatic rings. The van der Waals surface area contributed by atoms with Gasteiger partial charge in [0.2, 0.25) is 5.91 Å². The third-order valence-corrected chi connectivity index (χ3v) is 6.41. The molecule has 10 heteroatoms. The standard InChI is InChI=1S/C18H28N4O2.2CH2O2/c1-20(2)15-7-13-9-22(10-14(13)8-16(15)23)17(24)18(3-4-18)11-21-6-5-19-12-21;2*2-1-3/h5-6,12-16,23H,3-4,7-11H2,1-2H3;2*1H,(H,2,3)/t13-,14+,15-,16-;;/m1../s1. The minimum Gasteiger partial charge on any atom is -0.483 e. The fourth-order valence-corrected chi connectivity index (χ4v) is 4.78. The minimum absolute atomic E-state index is 0.201. The summed E-state index contributed by atoms with van der Waals surface area (Å²) in [6.07, 6.45) is 9.04. The van der Waals surface area contributed by atoms with E-state index in [-0.39, 0.29) is 30.5 Å². The number of imidazole rings is 1. The number of carbonyl (C=O) groups is 3. The Bertz CT molecular complexity index is 685. The van der Waals surface area contributed by atoms with Gasteiger partial charge in [-0.05, 0) is 51.6 Å². The maximum Gasteiger partial charge on any atom is 0.290 e. The summed E-state index contributed by atoms with van der Waals surface area (Å²) in [5.41, 5.74) is -0.201. The molecule has 0 spiro atoms. The van der Waals surface area contributed by atoms with Crippen LogP contribution < -0.4 is 0 Å². The monoisotopic (exact) mass is 424 g/mol. The molecule has 4 rings (SSSR count). The molecule has 0 radical (unpaired) electrons. The molecule has 2 aliphatic carbocycles. The Morgan fingerprint density at radius 3 is 2.20 bits per heavy atom. The summed E-state index contributed by atoms with van der Waals surface area (Å²) in [6.45, 7) is 1.94. The second kappa shape index (κ2) is 10.5. The molecule has 3 N–H and O–H groups in total. The van der Waals surface area contributed by atoms with Crippen molar-refractivity contribution in [3.05, 3.63) is 18.7 Å². The van der Waals surface area contributed by atoms with Crippen molar-refractivity contribution in [3.8, 4) is 0 Å². The molecule has 168 valence electrons.